The normalized spacial score (nSPS) is 26.5. The van der Waals surface area contributed by atoms with E-state index in [0.29, 0.717) is 0 Å². The summed E-state index contributed by atoms with van der Waals surface area (Å²) < 4.78 is 42.0. The lowest BCUT2D eigenvalue weighted by Crippen LogP contribution is -2.61. The molecule has 3 rings (SSSR count). The molecule has 178 valence electrons. The van der Waals surface area contributed by atoms with E-state index in [2.05, 4.69) is 0 Å². The number of esters is 3. The molecule has 9 nitrogen and oxygen atoms in total. The Balaban J connectivity index is 1.88. The van der Waals surface area contributed by atoms with E-state index in [4.69, 9.17) is 23.7 Å². The Morgan fingerprint density at radius 3 is 2.36 bits per heavy atom. The molecule has 0 saturated carbocycles. The van der Waals surface area contributed by atoms with E-state index in [1.54, 1.807) is 24.3 Å². The standard InChI is InChI=1S/C23H25FO9/c1-11-7-16(28)8-15-9-17(5-6-18(11)15)32-23-20(24)22(31-14(4)27)21(30-13(3)26)19(33-23)10-29-12(2)25/h5-7,9,19-23H,8,10H2,1-4H3/t19?,20-,21?,22?,23?/m1/s1. The maximum absolute atomic E-state index is 15.4. The predicted molar refractivity (Wildman–Crippen MR) is 111 cm³/mol. The molecular formula is C23H25FO9. The number of fused-ring (bicyclic) bond motifs is 1. The molecule has 33 heavy (non-hydrogen) atoms. The van der Waals surface area contributed by atoms with Crippen LogP contribution in [0, 0.1) is 0 Å². The molecule has 1 aromatic carbocycles. The minimum absolute atomic E-state index is 0.0602. The van der Waals surface area contributed by atoms with Crippen LogP contribution in [-0.2, 0) is 44.5 Å². The number of benzene rings is 1. The number of carbonyl (C=O) groups is 4. The van der Waals surface area contributed by atoms with E-state index >= 15 is 4.39 Å². The smallest absolute Gasteiger partial charge is 0.303 e. The Morgan fingerprint density at radius 1 is 1.06 bits per heavy atom. The van der Waals surface area contributed by atoms with Gasteiger partial charge in [-0.3, -0.25) is 19.2 Å². The lowest BCUT2D eigenvalue weighted by Gasteiger charge is -2.41. The molecule has 5 atom stereocenters. The summed E-state index contributed by atoms with van der Waals surface area (Å²) in [5.74, 6) is -2.03. The topological polar surface area (TPSA) is 114 Å². The van der Waals surface area contributed by atoms with Crippen molar-refractivity contribution in [3.63, 3.8) is 0 Å². The average Bonchev–Trinajstić information content (AvgIpc) is 2.70. The van der Waals surface area contributed by atoms with Crippen molar-refractivity contribution < 1.29 is 47.3 Å². The first-order valence-corrected chi connectivity index (χ1v) is 10.3. The lowest BCUT2D eigenvalue weighted by atomic mass is 9.91. The first kappa shape index (κ1) is 24.4. The number of rotatable bonds is 6. The predicted octanol–water partition coefficient (Wildman–Crippen LogP) is 2.08. The summed E-state index contributed by atoms with van der Waals surface area (Å²) in [5, 5.41) is 0. The van der Waals surface area contributed by atoms with Gasteiger partial charge in [0.15, 0.2) is 18.0 Å². The Bertz CT molecular complexity index is 986. The third-order valence-corrected chi connectivity index (χ3v) is 5.12. The molecule has 0 bridgehead atoms. The van der Waals surface area contributed by atoms with Gasteiger partial charge in [0.05, 0.1) is 0 Å². The SMILES string of the molecule is CC(=O)OCC1OC(Oc2ccc3c(c2)CC(=O)C=C3C)[C@H](F)C(OC(C)=O)C1OC(C)=O. The zero-order valence-corrected chi connectivity index (χ0v) is 18.7. The first-order chi connectivity index (χ1) is 15.5. The number of hydrogen-bond donors (Lipinski definition) is 0. The van der Waals surface area contributed by atoms with Crippen molar-refractivity contribution in [2.45, 2.75) is 64.9 Å². The molecule has 4 unspecified atom stereocenters. The van der Waals surface area contributed by atoms with Crippen LogP contribution in [0.2, 0.25) is 0 Å². The second-order valence-corrected chi connectivity index (χ2v) is 7.85. The molecule has 1 fully saturated rings. The largest absolute Gasteiger partial charge is 0.463 e. The molecule has 0 amide bonds. The fourth-order valence-corrected chi connectivity index (χ4v) is 3.82. The van der Waals surface area contributed by atoms with Gasteiger partial charge in [0, 0.05) is 27.2 Å². The summed E-state index contributed by atoms with van der Waals surface area (Å²) in [7, 11) is 0. The summed E-state index contributed by atoms with van der Waals surface area (Å²) in [5.41, 5.74) is 2.41. The van der Waals surface area contributed by atoms with Gasteiger partial charge in [-0.15, -0.1) is 0 Å². The number of alkyl halides is 1. The molecule has 1 aromatic rings. The van der Waals surface area contributed by atoms with Gasteiger partial charge in [-0.1, -0.05) is 6.07 Å². The highest BCUT2D eigenvalue weighted by Gasteiger charge is 2.52. The highest BCUT2D eigenvalue weighted by molar-refractivity contribution is 6.01. The van der Waals surface area contributed by atoms with Gasteiger partial charge in [-0.2, -0.15) is 0 Å². The molecule has 1 heterocycles. The van der Waals surface area contributed by atoms with E-state index in [9.17, 15) is 19.2 Å². The van der Waals surface area contributed by atoms with Gasteiger partial charge in [0.1, 0.15) is 18.5 Å². The summed E-state index contributed by atoms with van der Waals surface area (Å²) in [6.07, 6.45) is -5.97. The van der Waals surface area contributed by atoms with E-state index in [1.807, 2.05) is 6.92 Å². The molecule has 1 saturated heterocycles. The third-order valence-electron chi connectivity index (χ3n) is 5.12. The minimum atomic E-state index is -2.04. The molecule has 0 spiro atoms. The monoisotopic (exact) mass is 464 g/mol. The molecule has 2 aliphatic rings. The Morgan fingerprint density at radius 2 is 1.73 bits per heavy atom. The van der Waals surface area contributed by atoms with Crippen molar-refractivity contribution in [2.75, 3.05) is 6.61 Å². The van der Waals surface area contributed by atoms with Crippen LogP contribution in [0.3, 0.4) is 0 Å². The van der Waals surface area contributed by atoms with Crippen molar-refractivity contribution in [3.8, 4) is 5.75 Å². The van der Waals surface area contributed by atoms with E-state index in [0.717, 1.165) is 30.5 Å². The number of hydrogen-bond acceptors (Lipinski definition) is 9. The fraction of sp³-hybridized carbons (Fsp3) is 0.478. The molecule has 10 heteroatoms. The lowest BCUT2D eigenvalue weighted by molar-refractivity contribution is -0.271. The van der Waals surface area contributed by atoms with E-state index in [-0.39, 0.29) is 24.6 Å². The molecule has 1 aliphatic heterocycles. The molecule has 0 aromatic heterocycles. The van der Waals surface area contributed by atoms with Crippen molar-refractivity contribution in [2.24, 2.45) is 0 Å². The van der Waals surface area contributed by atoms with Crippen LogP contribution in [0.5, 0.6) is 5.75 Å². The zero-order valence-electron chi connectivity index (χ0n) is 18.7. The van der Waals surface area contributed by atoms with Crippen LogP contribution >= 0.6 is 0 Å². The Kier molecular flexibility index (Phi) is 7.47. The van der Waals surface area contributed by atoms with Crippen molar-refractivity contribution >= 4 is 29.3 Å². The second kappa shape index (κ2) is 10.1. The van der Waals surface area contributed by atoms with Crippen molar-refractivity contribution in [3.05, 3.63) is 35.4 Å². The number of ketones is 1. The van der Waals surface area contributed by atoms with Gasteiger partial charge >= 0.3 is 17.9 Å². The van der Waals surface area contributed by atoms with E-state index < -0.39 is 48.7 Å². The summed E-state index contributed by atoms with van der Waals surface area (Å²) >= 11 is 0. The van der Waals surface area contributed by atoms with Crippen LogP contribution in [0.15, 0.2) is 24.3 Å². The number of allylic oxidation sites excluding steroid dienone is 2. The number of halogens is 1. The Labute approximate surface area is 189 Å². The second-order valence-electron chi connectivity index (χ2n) is 7.85. The maximum atomic E-state index is 15.4. The highest BCUT2D eigenvalue weighted by atomic mass is 19.1. The third kappa shape index (κ3) is 5.95. The fourth-order valence-electron chi connectivity index (χ4n) is 3.82. The van der Waals surface area contributed by atoms with Crippen LogP contribution in [0.4, 0.5) is 4.39 Å². The van der Waals surface area contributed by atoms with Crippen molar-refractivity contribution in [1.82, 2.24) is 0 Å². The quantitative estimate of drug-likeness (QED) is 0.461. The highest BCUT2D eigenvalue weighted by Crippen LogP contribution is 2.33. The van der Waals surface area contributed by atoms with Gasteiger partial charge < -0.3 is 23.7 Å². The Hall–Kier alpha value is -3.27. The van der Waals surface area contributed by atoms with E-state index in [1.165, 1.54) is 6.92 Å². The van der Waals surface area contributed by atoms with Gasteiger partial charge in [-0.05, 0) is 41.8 Å². The number of carbonyl (C=O) groups excluding carboxylic acids is 4. The zero-order chi connectivity index (χ0) is 24.3. The van der Waals surface area contributed by atoms with Gasteiger partial charge in [0.25, 0.3) is 0 Å². The van der Waals surface area contributed by atoms with Gasteiger partial charge in [-0.25, -0.2) is 4.39 Å². The summed E-state index contributed by atoms with van der Waals surface area (Å²) in [4.78, 5) is 46.4. The summed E-state index contributed by atoms with van der Waals surface area (Å²) in [6, 6.07) is 4.96. The van der Waals surface area contributed by atoms with Crippen LogP contribution in [0.25, 0.3) is 5.57 Å². The van der Waals surface area contributed by atoms with Crippen LogP contribution in [0.1, 0.15) is 38.8 Å². The molecule has 0 N–H and O–H groups in total. The number of ether oxygens (including phenoxy) is 5. The first-order valence-electron chi connectivity index (χ1n) is 10.3. The molecule has 0 radical (unpaired) electrons. The maximum Gasteiger partial charge on any atom is 0.303 e. The van der Waals surface area contributed by atoms with Crippen molar-refractivity contribution in [1.29, 1.82) is 0 Å². The molecular weight excluding hydrogens is 439 g/mol. The minimum Gasteiger partial charge on any atom is -0.463 e. The molecule has 1 aliphatic carbocycles. The van der Waals surface area contributed by atoms with Gasteiger partial charge in [0.2, 0.25) is 12.5 Å². The van der Waals surface area contributed by atoms with Crippen LogP contribution in [-0.4, -0.2) is 61.1 Å². The van der Waals surface area contributed by atoms with Crippen LogP contribution < -0.4 is 4.74 Å². The average molecular weight is 464 g/mol. The summed E-state index contributed by atoms with van der Waals surface area (Å²) in [6.45, 7) is 4.79.